The monoisotopic (exact) mass is 293 g/mol. The molecule has 0 radical (unpaired) electrons. The second kappa shape index (κ2) is 9.10. The van der Waals surface area contributed by atoms with Crippen molar-refractivity contribution in [3.63, 3.8) is 0 Å². The van der Waals surface area contributed by atoms with Crippen LogP contribution in [-0.4, -0.2) is 43.5 Å². The third-order valence-electron chi connectivity index (χ3n) is 3.13. The van der Waals surface area contributed by atoms with Gasteiger partial charge in [0.25, 0.3) is 0 Å². The van der Waals surface area contributed by atoms with E-state index in [4.69, 9.17) is 5.73 Å². The number of esters is 1. The zero-order valence-corrected chi connectivity index (χ0v) is 12.6. The Hall–Kier alpha value is -1.92. The van der Waals surface area contributed by atoms with Crippen LogP contribution in [0.3, 0.4) is 0 Å². The highest BCUT2D eigenvalue weighted by Gasteiger charge is 2.11. The van der Waals surface area contributed by atoms with Crippen molar-refractivity contribution in [3.05, 3.63) is 29.8 Å². The number of nitrogens with one attached hydrogen (secondary N) is 1. The van der Waals surface area contributed by atoms with Crippen LogP contribution >= 0.6 is 0 Å². The van der Waals surface area contributed by atoms with Crippen molar-refractivity contribution < 1.29 is 14.3 Å². The van der Waals surface area contributed by atoms with E-state index in [-0.39, 0.29) is 18.4 Å². The lowest BCUT2D eigenvalue weighted by molar-refractivity contribution is -0.142. The molecule has 0 unspecified atom stereocenters. The summed E-state index contributed by atoms with van der Waals surface area (Å²) in [5.41, 5.74) is 7.26. The number of nitrogens with zero attached hydrogens (tertiary/aromatic N) is 1. The lowest BCUT2D eigenvalue weighted by atomic mass is 10.2. The van der Waals surface area contributed by atoms with Gasteiger partial charge in [-0.2, -0.15) is 0 Å². The second-order valence-corrected chi connectivity index (χ2v) is 4.65. The third kappa shape index (κ3) is 6.37. The van der Waals surface area contributed by atoms with Crippen molar-refractivity contribution in [3.8, 4) is 0 Å². The summed E-state index contributed by atoms with van der Waals surface area (Å²) >= 11 is 0. The highest BCUT2D eigenvalue weighted by atomic mass is 16.5. The largest absolute Gasteiger partial charge is 0.468 e. The maximum Gasteiger partial charge on any atom is 0.319 e. The molecule has 0 spiro atoms. The number of likely N-dealkylation sites (N-methyl/N-ethyl adjacent to an activating group) is 1. The van der Waals surface area contributed by atoms with E-state index in [0.717, 1.165) is 11.3 Å². The molecule has 116 valence electrons. The summed E-state index contributed by atoms with van der Waals surface area (Å²) < 4.78 is 4.62. The van der Waals surface area contributed by atoms with Gasteiger partial charge in [-0.05, 0) is 24.2 Å². The molecule has 0 aromatic heterocycles. The smallest absolute Gasteiger partial charge is 0.319 e. The van der Waals surface area contributed by atoms with Gasteiger partial charge in [0.2, 0.25) is 5.91 Å². The Balaban J connectivity index is 2.43. The van der Waals surface area contributed by atoms with E-state index in [1.54, 1.807) is 0 Å². The van der Waals surface area contributed by atoms with Crippen LogP contribution in [0.25, 0.3) is 0 Å². The van der Waals surface area contributed by atoms with Crippen LogP contribution in [0.2, 0.25) is 0 Å². The fraction of sp³-hybridized carbons (Fsp3) is 0.467. The molecule has 1 rings (SSSR count). The quantitative estimate of drug-likeness (QED) is 0.698. The number of amides is 1. The van der Waals surface area contributed by atoms with Crippen molar-refractivity contribution in [2.24, 2.45) is 5.73 Å². The Morgan fingerprint density at radius 2 is 2.14 bits per heavy atom. The molecule has 0 aliphatic heterocycles. The molecule has 1 aromatic carbocycles. The van der Waals surface area contributed by atoms with Gasteiger partial charge in [-0.1, -0.05) is 19.1 Å². The lowest BCUT2D eigenvalue weighted by Crippen LogP contribution is -2.33. The molecule has 6 nitrogen and oxygen atoms in total. The number of benzene rings is 1. The van der Waals surface area contributed by atoms with E-state index >= 15 is 0 Å². The summed E-state index contributed by atoms with van der Waals surface area (Å²) in [6.45, 7) is 3.76. The molecule has 0 heterocycles. The van der Waals surface area contributed by atoms with E-state index in [2.05, 4.69) is 10.1 Å². The van der Waals surface area contributed by atoms with Crippen LogP contribution in [0.1, 0.15) is 18.9 Å². The number of nitrogens with two attached hydrogens (primary N) is 1. The van der Waals surface area contributed by atoms with Gasteiger partial charge in [-0.15, -0.1) is 0 Å². The van der Waals surface area contributed by atoms with Crippen LogP contribution in [0, 0.1) is 0 Å². The first-order valence-electron chi connectivity index (χ1n) is 6.97. The topological polar surface area (TPSA) is 84.7 Å². The number of methoxy groups -OCH3 is 1. The Morgan fingerprint density at radius 3 is 2.76 bits per heavy atom. The van der Waals surface area contributed by atoms with Crippen molar-refractivity contribution >= 4 is 17.6 Å². The normalized spacial score (nSPS) is 10.5. The molecule has 0 aliphatic carbocycles. The van der Waals surface area contributed by atoms with Gasteiger partial charge in [0.1, 0.15) is 0 Å². The molecule has 0 saturated carbocycles. The molecule has 0 saturated heterocycles. The number of hydrogen-bond acceptors (Lipinski definition) is 5. The van der Waals surface area contributed by atoms with Gasteiger partial charge in [-0.3, -0.25) is 14.5 Å². The first kappa shape index (κ1) is 17.1. The zero-order chi connectivity index (χ0) is 15.7. The van der Waals surface area contributed by atoms with Crippen LogP contribution < -0.4 is 11.1 Å². The predicted octanol–water partition coefficient (Wildman–Crippen LogP) is 0.969. The molecule has 0 fully saturated rings. The van der Waals surface area contributed by atoms with E-state index in [1.807, 2.05) is 36.1 Å². The molecular formula is C15H23N3O3. The molecule has 0 bridgehead atoms. The van der Waals surface area contributed by atoms with E-state index in [9.17, 15) is 9.59 Å². The minimum absolute atomic E-state index is 0.0903. The minimum Gasteiger partial charge on any atom is -0.468 e. The van der Waals surface area contributed by atoms with Crippen molar-refractivity contribution in [1.29, 1.82) is 0 Å². The molecule has 1 amide bonds. The average Bonchev–Trinajstić information content (AvgIpc) is 2.51. The minimum atomic E-state index is -0.298. The fourth-order valence-corrected chi connectivity index (χ4v) is 1.86. The van der Waals surface area contributed by atoms with Gasteiger partial charge < -0.3 is 15.8 Å². The highest BCUT2D eigenvalue weighted by molar-refractivity contribution is 5.90. The molecule has 21 heavy (non-hydrogen) atoms. The summed E-state index contributed by atoms with van der Waals surface area (Å²) in [6.07, 6.45) is 0.317. The summed E-state index contributed by atoms with van der Waals surface area (Å²) in [4.78, 5) is 25.0. The predicted molar refractivity (Wildman–Crippen MR) is 81.7 cm³/mol. The standard InChI is InChI=1S/C15H23N3O3/c1-3-18(11-15(20)21-2)8-7-14(19)17-13-6-4-5-12(9-13)10-16/h4-6,9H,3,7-8,10-11,16H2,1-2H3,(H,17,19). The summed E-state index contributed by atoms with van der Waals surface area (Å²) in [5.74, 6) is -0.389. The molecule has 1 aromatic rings. The van der Waals surface area contributed by atoms with Gasteiger partial charge in [-0.25, -0.2) is 0 Å². The number of carbonyl (C=O) groups is 2. The Kier molecular flexibility index (Phi) is 7.42. The van der Waals surface area contributed by atoms with Crippen LogP contribution in [0.5, 0.6) is 0 Å². The molecule has 0 atom stereocenters. The molecule has 6 heteroatoms. The zero-order valence-electron chi connectivity index (χ0n) is 12.6. The number of ether oxygens (including phenoxy) is 1. The summed E-state index contributed by atoms with van der Waals surface area (Å²) in [5, 5.41) is 2.83. The van der Waals surface area contributed by atoms with Gasteiger partial charge >= 0.3 is 5.97 Å². The van der Waals surface area contributed by atoms with E-state index in [0.29, 0.717) is 26.1 Å². The first-order valence-corrected chi connectivity index (χ1v) is 6.97. The highest BCUT2D eigenvalue weighted by Crippen LogP contribution is 2.10. The molecular weight excluding hydrogens is 270 g/mol. The maximum atomic E-state index is 11.9. The van der Waals surface area contributed by atoms with Gasteiger partial charge in [0, 0.05) is 25.2 Å². The van der Waals surface area contributed by atoms with E-state index < -0.39 is 0 Å². The van der Waals surface area contributed by atoms with Crippen LogP contribution in [0.4, 0.5) is 5.69 Å². The fourth-order valence-electron chi connectivity index (χ4n) is 1.86. The number of anilines is 1. The van der Waals surface area contributed by atoms with Gasteiger partial charge in [0.05, 0.1) is 13.7 Å². The number of hydrogen-bond donors (Lipinski definition) is 2. The van der Waals surface area contributed by atoms with Crippen molar-refractivity contribution in [2.45, 2.75) is 19.9 Å². The average molecular weight is 293 g/mol. The third-order valence-corrected chi connectivity index (χ3v) is 3.13. The van der Waals surface area contributed by atoms with Crippen molar-refractivity contribution in [2.75, 3.05) is 32.1 Å². The number of carbonyl (C=O) groups excluding carboxylic acids is 2. The van der Waals surface area contributed by atoms with Gasteiger partial charge in [0.15, 0.2) is 0 Å². The van der Waals surface area contributed by atoms with Crippen molar-refractivity contribution in [1.82, 2.24) is 4.90 Å². The maximum absolute atomic E-state index is 11.9. The Bertz CT molecular complexity index is 477. The molecule has 3 N–H and O–H groups in total. The SMILES string of the molecule is CCN(CCC(=O)Nc1cccc(CN)c1)CC(=O)OC. The summed E-state index contributed by atoms with van der Waals surface area (Å²) in [6, 6.07) is 7.44. The first-order chi connectivity index (χ1) is 10.1. The number of rotatable bonds is 8. The van der Waals surface area contributed by atoms with E-state index in [1.165, 1.54) is 7.11 Å². The molecule has 0 aliphatic rings. The second-order valence-electron chi connectivity index (χ2n) is 4.65. The Morgan fingerprint density at radius 1 is 1.38 bits per heavy atom. The van der Waals surface area contributed by atoms with Crippen LogP contribution in [-0.2, 0) is 20.9 Å². The van der Waals surface area contributed by atoms with Crippen LogP contribution in [0.15, 0.2) is 24.3 Å². The summed E-state index contributed by atoms with van der Waals surface area (Å²) in [7, 11) is 1.35. The Labute approximate surface area is 125 Å². The lowest BCUT2D eigenvalue weighted by Gasteiger charge is -2.18.